The molecule has 4 heteroatoms. The summed E-state index contributed by atoms with van der Waals surface area (Å²) in [6.07, 6.45) is 0.360. The van der Waals surface area contributed by atoms with Crippen LogP contribution in [0.25, 0.3) is 0 Å². The summed E-state index contributed by atoms with van der Waals surface area (Å²) in [5.74, 6) is -0.202. The van der Waals surface area contributed by atoms with Crippen LogP contribution in [0.3, 0.4) is 0 Å². The third kappa shape index (κ3) is 2.88. The maximum absolute atomic E-state index is 11.7. The maximum atomic E-state index is 11.7. The second kappa shape index (κ2) is 6.19. The monoisotopic (exact) mass is 248 g/mol. The van der Waals surface area contributed by atoms with Crippen LogP contribution in [-0.4, -0.2) is 18.5 Å². The Hall–Kier alpha value is -1.84. The molecule has 0 aromatic heterocycles. The molecule has 1 aliphatic heterocycles. The number of urea groups is 1. The molecule has 1 saturated heterocycles. The van der Waals surface area contributed by atoms with Gasteiger partial charge in [0.15, 0.2) is 0 Å². The summed E-state index contributed by atoms with van der Waals surface area (Å²) in [6.45, 7) is 8.44. The van der Waals surface area contributed by atoms with Gasteiger partial charge in [-0.1, -0.05) is 26.0 Å². The predicted molar refractivity (Wildman–Crippen MR) is 72.8 cm³/mol. The fourth-order valence-corrected chi connectivity index (χ4v) is 1.82. The molecule has 1 fully saturated rings. The Morgan fingerprint density at radius 2 is 1.83 bits per heavy atom. The summed E-state index contributed by atoms with van der Waals surface area (Å²) in [4.78, 5) is 24.3. The SMILES string of the molecule is CC.Cc1cccc(N2CCC(=O)NC2=O)c1C. The number of hydrogen-bond donors (Lipinski definition) is 1. The summed E-state index contributed by atoms with van der Waals surface area (Å²) < 4.78 is 0. The van der Waals surface area contributed by atoms with E-state index >= 15 is 0 Å². The number of benzene rings is 1. The minimum atomic E-state index is -0.329. The number of aryl methyl sites for hydroxylation is 1. The minimum absolute atomic E-state index is 0.202. The lowest BCUT2D eigenvalue weighted by Gasteiger charge is -2.28. The molecule has 0 bridgehead atoms. The van der Waals surface area contributed by atoms with Crippen LogP contribution in [0.4, 0.5) is 10.5 Å². The molecule has 98 valence electrons. The largest absolute Gasteiger partial charge is 0.328 e. The molecule has 0 unspecified atom stereocenters. The Labute approximate surface area is 108 Å². The van der Waals surface area contributed by atoms with E-state index in [4.69, 9.17) is 0 Å². The topological polar surface area (TPSA) is 49.4 Å². The Bertz CT molecular complexity index is 455. The van der Waals surface area contributed by atoms with Crippen molar-refractivity contribution >= 4 is 17.6 Å². The van der Waals surface area contributed by atoms with Gasteiger partial charge < -0.3 is 0 Å². The van der Waals surface area contributed by atoms with Gasteiger partial charge in [0, 0.05) is 18.7 Å². The number of carbonyl (C=O) groups excluding carboxylic acids is 2. The van der Waals surface area contributed by atoms with Crippen molar-refractivity contribution in [1.82, 2.24) is 5.32 Å². The number of nitrogens with zero attached hydrogens (tertiary/aromatic N) is 1. The average molecular weight is 248 g/mol. The molecule has 1 aromatic rings. The molecule has 1 aliphatic rings. The van der Waals surface area contributed by atoms with Crippen LogP contribution < -0.4 is 10.2 Å². The number of imide groups is 1. The van der Waals surface area contributed by atoms with E-state index in [2.05, 4.69) is 5.32 Å². The third-order valence-electron chi connectivity index (χ3n) is 2.92. The average Bonchev–Trinajstić information content (AvgIpc) is 2.36. The van der Waals surface area contributed by atoms with Crippen LogP contribution in [0.5, 0.6) is 0 Å². The standard InChI is InChI=1S/C12H14N2O2.C2H6/c1-8-4-3-5-10(9(8)2)14-7-6-11(15)13-12(14)16;1-2/h3-5H,6-7H2,1-2H3,(H,13,15,16);1-2H3. The predicted octanol–water partition coefficient (Wildman–Crippen LogP) is 2.78. The van der Waals surface area contributed by atoms with Crippen LogP contribution in [0.2, 0.25) is 0 Å². The fraction of sp³-hybridized carbons (Fsp3) is 0.429. The lowest BCUT2D eigenvalue weighted by Crippen LogP contribution is -2.49. The van der Waals surface area contributed by atoms with Gasteiger partial charge >= 0.3 is 6.03 Å². The summed E-state index contributed by atoms with van der Waals surface area (Å²) in [7, 11) is 0. The van der Waals surface area contributed by atoms with Crippen molar-refractivity contribution in [1.29, 1.82) is 0 Å². The number of anilines is 1. The highest BCUT2D eigenvalue weighted by atomic mass is 16.2. The van der Waals surface area contributed by atoms with Crippen molar-refractivity contribution in [3.63, 3.8) is 0 Å². The summed E-state index contributed by atoms with van der Waals surface area (Å²) in [6, 6.07) is 5.50. The second-order valence-corrected chi connectivity index (χ2v) is 3.97. The Morgan fingerprint density at radius 1 is 1.17 bits per heavy atom. The molecule has 2 rings (SSSR count). The van der Waals surface area contributed by atoms with Gasteiger partial charge in [-0.3, -0.25) is 15.0 Å². The van der Waals surface area contributed by atoms with Gasteiger partial charge in [-0.15, -0.1) is 0 Å². The van der Waals surface area contributed by atoms with Crippen LogP contribution in [0.15, 0.2) is 18.2 Å². The number of carbonyl (C=O) groups is 2. The molecule has 0 spiro atoms. The highest BCUT2D eigenvalue weighted by molar-refractivity contribution is 6.05. The number of amides is 3. The van der Waals surface area contributed by atoms with Crippen LogP contribution in [-0.2, 0) is 4.79 Å². The number of nitrogens with one attached hydrogen (secondary N) is 1. The molecule has 0 aliphatic carbocycles. The Balaban J connectivity index is 0.000000771. The Morgan fingerprint density at radius 3 is 2.44 bits per heavy atom. The van der Waals surface area contributed by atoms with Gasteiger partial charge in [0.2, 0.25) is 5.91 Å². The first-order valence-corrected chi connectivity index (χ1v) is 6.27. The van der Waals surface area contributed by atoms with E-state index in [9.17, 15) is 9.59 Å². The fourth-order valence-electron chi connectivity index (χ4n) is 1.82. The second-order valence-electron chi connectivity index (χ2n) is 3.97. The highest BCUT2D eigenvalue weighted by Gasteiger charge is 2.25. The van der Waals surface area contributed by atoms with Gasteiger partial charge in [0.05, 0.1) is 0 Å². The molecule has 3 amide bonds. The lowest BCUT2D eigenvalue weighted by atomic mass is 10.1. The molecule has 0 saturated carbocycles. The van der Waals surface area contributed by atoms with Crippen LogP contribution >= 0.6 is 0 Å². The van der Waals surface area contributed by atoms with Gasteiger partial charge in [0.25, 0.3) is 0 Å². The maximum Gasteiger partial charge on any atom is 0.328 e. The molecular formula is C14H20N2O2. The molecule has 1 heterocycles. The lowest BCUT2D eigenvalue weighted by molar-refractivity contribution is -0.120. The number of hydrogen-bond acceptors (Lipinski definition) is 2. The van der Waals surface area contributed by atoms with Gasteiger partial charge in [-0.05, 0) is 31.0 Å². The zero-order valence-electron chi connectivity index (χ0n) is 11.4. The summed E-state index contributed by atoms with van der Waals surface area (Å²) in [5, 5.41) is 2.32. The van der Waals surface area contributed by atoms with Crippen molar-refractivity contribution in [2.45, 2.75) is 34.1 Å². The van der Waals surface area contributed by atoms with E-state index in [1.54, 1.807) is 4.90 Å². The van der Waals surface area contributed by atoms with Gasteiger partial charge in [-0.25, -0.2) is 4.79 Å². The van der Waals surface area contributed by atoms with E-state index < -0.39 is 0 Å². The molecule has 18 heavy (non-hydrogen) atoms. The van der Waals surface area contributed by atoms with Crippen LogP contribution in [0, 0.1) is 13.8 Å². The van der Waals surface area contributed by atoms with E-state index in [-0.39, 0.29) is 11.9 Å². The van der Waals surface area contributed by atoms with Crippen molar-refractivity contribution in [3.05, 3.63) is 29.3 Å². The molecule has 1 N–H and O–H groups in total. The number of rotatable bonds is 1. The summed E-state index contributed by atoms with van der Waals surface area (Å²) in [5.41, 5.74) is 3.10. The van der Waals surface area contributed by atoms with E-state index in [1.165, 1.54) is 0 Å². The first kappa shape index (κ1) is 14.2. The summed E-state index contributed by atoms with van der Waals surface area (Å²) >= 11 is 0. The van der Waals surface area contributed by atoms with Crippen LogP contribution in [0.1, 0.15) is 31.4 Å². The van der Waals surface area contributed by atoms with Crippen molar-refractivity contribution in [3.8, 4) is 0 Å². The van der Waals surface area contributed by atoms with E-state index in [1.807, 2.05) is 45.9 Å². The highest BCUT2D eigenvalue weighted by Crippen LogP contribution is 2.24. The quantitative estimate of drug-likeness (QED) is 0.830. The van der Waals surface area contributed by atoms with Gasteiger partial charge in [0.1, 0.15) is 0 Å². The molecule has 0 atom stereocenters. The first-order chi connectivity index (χ1) is 8.59. The van der Waals surface area contributed by atoms with Gasteiger partial charge in [-0.2, -0.15) is 0 Å². The van der Waals surface area contributed by atoms with Crippen molar-refractivity contribution in [2.75, 3.05) is 11.4 Å². The van der Waals surface area contributed by atoms with Crippen molar-refractivity contribution in [2.24, 2.45) is 0 Å². The molecule has 4 nitrogen and oxygen atoms in total. The first-order valence-electron chi connectivity index (χ1n) is 6.27. The molecule has 1 aromatic carbocycles. The third-order valence-corrected chi connectivity index (χ3v) is 2.92. The van der Waals surface area contributed by atoms with E-state index in [0.717, 1.165) is 16.8 Å². The minimum Gasteiger partial charge on any atom is -0.293 e. The van der Waals surface area contributed by atoms with E-state index in [0.29, 0.717) is 13.0 Å². The zero-order chi connectivity index (χ0) is 13.7. The molecule has 0 radical (unpaired) electrons. The zero-order valence-corrected chi connectivity index (χ0v) is 11.4. The molecular weight excluding hydrogens is 228 g/mol. The smallest absolute Gasteiger partial charge is 0.293 e. The normalized spacial score (nSPS) is 14.8. The Kier molecular flexibility index (Phi) is 4.89. The van der Waals surface area contributed by atoms with Crippen molar-refractivity contribution < 1.29 is 9.59 Å².